The molecule has 0 aromatic heterocycles. The highest BCUT2D eigenvalue weighted by atomic mass is 32.2. The molecule has 0 bridgehead atoms. The SMILES string of the molecule is CC1CCN(C2CC3(C2)CN(S(=O)(=O)c2ccc(OC(F)F)cc2)C3)CC1. The minimum absolute atomic E-state index is 0.0401. The van der Waals surface area contributed by atoms with E-state index in [1.807, 2.05) is 0 Å². The van der Waals surface area contributed by atoms with Crippen LogP contribution in [0.25, 0.3) is 0 Å². The van der Waals surface area contributed by atoms with E-state index in [0.29, 0.717) is 19.1 Å². The minimum Gasteiger partial charge on any atom is -0.435 e. The van der Waals surface area contributed by atoms with Gasteiger partial charge in [0.05, 0.1) is 4.90 Å². The maximum atomic E-state index is 12.7. The van der Waals surface area contributed by atoms with Gasteiger partial charge in [0.25, 0.3) is 0 Å². The van der Waals surface area contributed by atoms with Gasteiger partial charge >= 0.3 is 6.61 Å². The summed E-state index contributed by atoms with van der Waals surface area (Å²) in [6.07, 6.45) is 4.67. The summed E-state index contributed by atoms with van der Waals surface area (Å²) in [6.45, 7) is 2.84. The first-order valence-electron chi connectivity index (χ1n) is 9.57. The molecule has 27 heavy (non-hydrogen) atoms. The summed E-state index contributed by atoms with van der Waals surface area (Å²) in [5.41, 5.74) is 0.138. The van der Waals surface area contributed by atoms with Crippen LogP contribution in [-0.4, -0.2) is 56.5 Å². The number of nitrogens with zero attached hydrogens (tertiary/aromatic N) is 2. The van der Waals surface area contributed by atoms with Crippen molar-refractivity contribution in [2.75, 3.05) is 26.2 Å². The number of sulfonamides is 1. The van der Waals surface area contributed by atoms with Crippen LogP contribution >= 0.6 is 0 Å². The van der Waals surface area contributed by atoms with Crippen molar-refractivity contribution in [3.05, 3.63) is 24.3 Å². The molecule has 3 fully saturated rings. The predicted octanol–water partition coefficient (Wildman–Crippen LogP) is 3.17. The maximum Gasteiger partial charge on any atom is 0.387 e. The molecule has 0 N–H and O–H groups in total. The Bertz CT molecular complexity index is 763. The molecule has 0 amide bonds. The predicted molar refractivity (Wildman–Crippen MR) is 97.3 cm³/mol. The average Bonchev–Trinajstić information content (AvgIpc) is 2.53. The summed E-state index contributed by atoms with van der Waals surface area (Å²) in [4.78, 5) is 2.70. The van der Waals surface area contributed by atoms with Gasteiger partial charge in [-0.15, -0.1) is 0 Å². The van der Waals surface area contributed by atoms with Gasteiger partial charge in [0.2, 0.25) is 10.0 Å². The molecule has 2 saturated heterocycles. The van der Waals surface area contributed by atoms with Crippen LogP contribution in [0.15, 0.2) is 29.2 Å². The van der Waals surface area contributed by atoms with Crippen molar-refractivity contribution in [1.82, 2.24) is 9.21 Å². The first kappa shape index (κ1) is 19.1. The van der Waals surface area contributed by atoms with E-state index in [1.54, 1.807) is 0 Å². The van der Waals surface area contributed by atoms with Crippen molar-refractivity contribution in [2.45, 2.75) is 50.2 Å². The number of alkyl halides is 2. The molecule has 1 spiro atoms. The van der Waals surface area contributed by atoms with Crippen LogP contribution in [0.5, 0.6) is 5.75 Å². The Labute approximate surface area is 159 Å². The number of rotatable bonds is 5. The Hall–Kier alpha value is -1.25. The van der Waals surface area contributed by atoms with Gasteiger partial charge in [-0.3, -0.25) is 0 Å². The number of hydrogen-bond donors (Lipinski definition) is 0. The molecule has 0 unspecified atom stereocenters. The third-order valence-corrected chi connectivity index (χ3v) is 8.19. The summed E-state index contributed by atoms with van der Waals surface area (Å²) in [5.74, 6) is 0.777. The molecule has 1 aromatic carbocycles. The number of benzene rings is 1. The van der Waals surface area contributed by atoms with Crippen LogP contribution in [-0.2, 0) is 10.0 Å². The lowest BCUT2D eigenvalue weighted by Gasteiger charge is -2.60. The fourth-order valence-electron chi connectivity index (χ4n) is 4.66. The zero-order chi connectivity index (χ0) is 19.2. The summed E-state index contributed by atoms with van der Waals surface area (Å²) >= 11 is 0. The molecular formula is C19H26F2N2O3S. The molecule has 8 heteroatoms. The van der Waals surface area contributed by atoms with Crippen molar-refractivity contribution in [3.8, 4) is 5.75 Å². The van der Waals surface area contributed by atoms with Gasteiger partial charge in [0.1, 0.15) is 5.75 Å². The van der Waals surface area contributed by atoms with Crippen LogP contribution in [0.4, 0.5) is 8.78 Å². The highest BCUT2D eigenvalue weighted by Gasteiger charge is 2.56. The first-order valence-corrected chi connectivity index (χ1v) is 11.0. The van der Waals surface area contributed by atoms with Crippen molar-refractivity contribution in [3.63, 3.8) is 0 Å². The largest absolute Gasteiger partial charge is 0.435 e. The van der Waals surface area contributed by atoms with Crippen molar-refractivity contribution in [2.24, 2.45) is 11.3 Å². The number of piperidine rings is 1. The summed E-state index contributed by atoms with van der Waals surface area (Å²) in [7, 11) is -3.57. The molecule has 2 heterocycles. The fraction of sp³-hybridized carbons (Fsp3) is 0.684. The highest BCUT2D eigenvalue weighted by molar-refractivity contribution is 7.89. The van der Waals surface area contributed by atoms with Crippen LogP contribution in [0.3, 0.4) is 0 Å². The second-order valence-electron chi connectivity index (χ2n) is 8.40. The smallest absolute Gasteiger partial charge is 0.387 e. The number of halogens is 2. The van der Waals surface area contributed by atoms with Gasteiger partial charge in [-0.2, -0.15) is 13.1 Å². The van der Waals surface area contributed by atoms with E-state index < -0.39 is 16.6 Å². The van der Waals surface area contributed by atoms with E-state index in [4.69, 9.17) is 0 Å². The maximum absolute atomic E-state index is 12.7. The molecule has 1 saturated carbocycles. The fourth-order valence-corrected chi connectivity index (χ4v) is 6.33. The Morgan fingerprint density at radius 1 is 1.11 bits per heavy atom. The van der Waals surface area contributed by atoms with Gasteiger partial charge in [-0.25, -0.2) is 8.42 Å². The number of ether oxygens (including phenoxy) is 1. The molecule has 4 rings (SSSR count). The van der Waals surface area contributed by atoms with Crippen LogP contribution in [0, 0.1) is 11.3 Å². The van der Waals surface area contributed by atoms with E-state index in [2.05, 4.69) is 16.6 Å². The van der Waals surface area contributed by atoms with Crippen LogP contribution in [0.1, 0.15) is 32.6 Å². The van der Waals surface area contributed by atoms with Crippen LogP contribution in [0.2, 0.25) is 0 Å². The molecule has 3 aliphatic rings. The first-order chi connectivity index (χ1) is 12.8. The van der Waals surface area contributed by atoms with Crippen molar-refractivity contribution >= 4 is 10.0 Å². The molecule has 0 atom stereocenters. The standard InChI is InChI=1S/C19H26F2N2O3S/c1-14-6-8-22(9-7-14)15-10-19(11-15)12-23(13-19)27(24,25)17-4-2-16(3-5-17)26-18(20)21/h2-5,14-15,18H,6-13H2,1H3. The molecule has 1 aliphatic carbocycles. The number of hydrogen-bond acceptors (Lipinski definition) is 4. The summed E-state index contributed by atoms with van der Waals surface area (Å²) < 4.78 is 55.6. The lowest BCUT2D eigenvalue weighted by molar-refractivity contribution is -0.0814. The Morgan fingerprint density at radius 2 is 1.70 bits per heavy atom. The molecular weight excluding hydrogens is 374 g/mol. The highest BCUT2D eigenvalue weighted by Crippen LogP contribution is 2.52. The van der Waals surface area contributed by atoms with Gasteiger partial charge in [0.15, 0.2) is 0 Å². The monoisotopic (exact) mass is 400 g/mol. The van der Waals surface area contributed by atoms with E-state index in [1.165, 1.54) is 41.4 Å². The molecule has 1 aromatic rings. The molecule has 2 aliphatic heterocycles. The van der Waals surface area contributed by atoms with Gasteiger partial charge < -0.3 is 9.64 Å². The van der Waals surface area contributed by atoms with E-state index in [-0.39, 0.29) is 16.1 Å². The minimum atomic E-state index is -3.57. The van der Waals surface area contributed by atoms with Gasteiger partial charge in [0, 0.05) is 24.5 Å². The summed E-state index contributed by atoms with van der Waals surface area (Å²) in [6, 6.07) is 5.80. The van der Waals surface area contributed by atoms with Gasteiger partial charge in [-0.05, 0) is 69.0 Å². The Kier molecular flexibility index (Phi) is 4.93. The average molecular weight is 400 g/mol. The lowest BCUT2D eigenvalue weighted by Crippen LogP contribution is -2.67. The van der Waals surface area contributed by atoms with E-state index in [9.17, 15) is 17.2 Å². The molecule has 0 radical (unpaired) electrons. The second kappa shape index (κ2) is 6.97. The number of likely N-dealkylation sites (tertiary alicyclic amines) is 1. The zero-order valence-electron chi connectivity index (χ0n) is 15.5. The van der Waals surface area contributed by atoms with Crippen molar-refractivity contribution in [1.29, 1.82) is 0 Å². The third-order valence-electron chi connectivity index (χ3n) is 6.38. The zero-order valence-corrected chi connectivity index (χ0v) is 16.3. The second-order valence-corrected chi connectivity index (χ2v) is 10.3. The Morgan fingerprint density at radius 3 is 2.26 bits per heavy atom. The Balaban J connectivity index is 1.31. The third kappa shape index (κ3) is 3.71. The summed E-state index contributed by atoms with van der Waals surface area (Å²) in [5, 5.41) is 0. The van der Waals surface area contributed by atoms with Crippen molar-refractivity contribution < 1.29 is 21.9 Å². The molecule has 150 valence electrons. The van der Waals surface area contributed by atoms with Gasteiger partial charge in [-0.1, -0.05) is 6.92 Å². The van der Waals surface area contributed by atoms with Crippen LogP contribution < -0.4 is 4.74 Å². The molecule has 5 nitrogen and oxygen atoms in total. The van der Waals surface area contributed by atoms with E-state index in [0.717, 1.165) is 31.8 Å². The van der Waals surface area contributed by atoms with E-state index >= 15 is 0 Å². The normalized spacial score (nSPS) is 24.7. The quantitative estimate of drug-likeness (QED) is 0.762. The topological polar surface area (TPSA) is 49.9 Å². The lowest BCUT2D eigenvalue weighted by atomic mass is 9.61.